The largest absolute Gasteiger partial charge is 0.497 e. The number of thiazole rings is 1. The molecule has 0 aliphatic carbocycles. The van der Waals surface area contributed by atoms with Crippen molar-refractivity contribution in [2.45, 2.75) is 63.3 Å². The number of aromatic nitrogens is 1. The van der Waals surface area contributed by atoms with Crippen LogP contribution < -0.4 is 9.54 Å². The first-order valence-electron chi connectivity index (χ1n) is 12.5. The minimum Gasteiger partial charge on any atom is -0.497 e. The van der Waals surface area contributed by atoms with Gasteiger partial charge in [-0.3, -0.25) is 0 Å². The normalized spacial score (nSPS) is 15.4. The second-order valence-corrected chi connectivity index (χ2v) is 11.7. The van der Waals surface area contributed by atoms with E-state index < -0.39 is 10.0 Å². The predicted molar refractivity (Wildman–Crippen MR) is 143 cm³/mol. The van der Waals surface area contributed by atoms with Gasteiger partial charge in [-0.25, -0.2) is 13.4 Å². The monoisotopic (exact) mass is 513 g/mol. The summed E-state index contributed by atoms with van der Waals surface area (Å²) in [5.74, 6) is 0.808. The molecule has 0 bridgehead atoms. The quantitative estimate of drug-likeness (QED) is 0.303. The fourth-order valence-corrected chi connectivity index (χ4v) is 6.85. The van der Waals surface area contributed by atoms with E-state index in [1.165, 1.54) is 19.3 Å². The van der Waals surface area contributed by atoms with Gasteiger partial charge in [-0.1, -0.05) is 44.7 Å². The first-order chi connectivity index (χ1) is 17.0. The van der Waals surface area contributed by atoms with E-state index in [4.69, 9.17) is 9.73 Å². The van der Waals surface area contributed by atoms with Crippen molar-refractivity contribution in [3.8, 4) is 17.0 Å². The van der Waals surface area contributed by atoms with E-state index in [-0.39, 0.29) is 0 Å². The number of hydrogen-bond donors (Lipinski definition) is 0. The molecule has 2 heterocycles. The molecule has 0 amide bonds. The molecular formula is C27H35N3O3S2. The molecule has 6 nitrogen and oxygen atoms in total. The Balaban J connectivity index is 1.64. The fourth-order valence-electron chi connectivity index (χ4n) is 4.38. The van der Waals surface area contributed by atoms with Crippen LogP contribution in [0.4, 0.5) is 5.69 Å². The zero-order valence-electron chi connectivity index (χ0n) is 20.7. The van der Waals surface area contributed by atoms with Crippen LogP contribution in [0.25, 0.3) is 11.3 Å². The maximum atomic E-state index is 13.1. The molecular weight excluding hydrogens is 478 g/mol. The molecule has 1 fully saturated rings. The predicted octanol–water partition coefficient (Wildman–Crippen LogP) is 6.21. The Morgan fingerprint density at radius 3 is 2.31 bits per heavy atom. The number of rotatable bonds is 10. The van der Waals surface area contributed by atoms with Crippen molar-refractivity contribution in [2.75, 3.05) is 20.2 Å². The summed E-state index contributed by atoms with van der Waals surface area (Å²) in [5, 5.41) is 2.12. The van der Waals surface area contributed by atoms with Crippen LogP contribution in [0.15, 0.2) is 63.8 Å². The number of benzene rings is 2. The molecule has 0 N–H and O–H groups in total. The average molecular weight is 514 g/mol. The van der Waals surface area contributed by atoms with Crippen LogP contribution in [0.3, 0.4) is 0 Å². The second-order valence-electron chi connectivity index (χ2n) is 8.91. The van der Waals surface area contributed by atoms with Gasteiger partial charge < -0.3 is 9.30 Å². The Hall–Kier alpha value is -2.42. The maximum Gasteiger partial charge on any atom is 0.243 e. The van der Waals surface area contributed by atoms with Gasteiger partial charge in [-0.15, -0.1) is 11.3 Å². The number of piperidine rings is 1. The van der Waals surface area contributed by atoms with E-state index >= 15 is 0 Å². The van der Waals surface area contributed by atoms with Crippen LogP contribution in [0, 0.1) is 0 Å². The number of sulfonamides is 1. The highest BCUT2D eigenvalue weighted by Gasteiger charge is 2.25. The van der Waals surface area contributed by atoms with Gasteiger partial charge in [0.25, 0.3) is 0 Å². The van der Waals surface area contributed by atoms with E-state index in [1.54, 1.807) is 34.9 Å². The summed E-state index contributed by atoms with van der Waals surface area (Å²) in [6.45, 7) is 4.32. The molecule has 8 heteroatoms. The zero-order chi connectivity index (χ0) is 24.7. The van der Waals surface area contributed by atoms with Gasteiger partial charge in [0, 0.05) is 25.0 Å². The minimum atomic E-state index is -3.43. The molecule has 1 aromatic heterocycles. The Morgan fingerprint density at radius 1 is 0.943 bits per heavy atom. The SMILES string of the molecule is CCCCCCn1c(-c2ccc(S(=O)(=O)N3CCCCC3)cc2)csc1=Nc1ccc(OC)cc1. The highest BCUT2D eigenvalue weighted by Crippen LogP contribution is 2.26. The number of unbranched alkanes of at least 4 members (excludes halogenated alkanes) is 3. The summed E-state index contributed by atoms with van der Waals surface area (Å²) in [5.41, 5.74) is 2.95. The molecule has 1 aliphatic rings. The third kappa shape index (κ3) is 6.23. The van der Waals surface area contributed by atoms with Crippen molar-refractivity contribution in [3.63, 3.8) is 0 Å². The lowest BCUT2D eigenvalue weighted by atomic mass is 10.1. The van der Waals surface area contributed by atoms with Gasteiger partial charge in [0.1, 0.15) is 5.75 Å². The first-order valence-corrected chi connectivity index (χ1v) is 14.8. The molecule has 0 radical (unpaired) electrons. The molecule has 4 rings (SSSR count). The highest BCUT2D eigenvalue weighted by molar-refractivity contribution is 7.89. The zero-order valence-corrected chi connectivity index (χ0v) is 22.3. The van der Waals surface area contributed by atoms with Gasteiger partial charge in [0.05, 0.1) is 23.4 Å². The molecule has 0 spiro atoms. The molecule has 188 valence electrons. The van der Waals surface area contributed by atoms with E-state index in [2.05, 4.69) is 16.9 Å². The van der Waals surface area contributed by atoms with Crippen molar-refractivity contribution in [1.82, 2.24) is 8.87 Å². The van der Waals surface area contributed by atoms with Crippen molar-refractivity contribution < 1.29 is 13.2 Å². The topological polar surface area (TPSA) is 63.9 Å². The molecule has 3 aromatic rings. The van der Waals surface area contributed by atoms with Crippen molar-refractivity contribution in [3.05, 3.63) is 58.7 Å². The third-order valence-electron chi connectivity index (χ3n) is 6.43. The van der Waals surface area contributed by atoms with E-state index in [9.17, 15) is 8.42 Å². The number of nitrogens with zero attached hydrogens (tertiary/aromatic N) is 3. The van der Waals surface area contributed by atoms with E-state index in [1.807, 2.05) is 36.4 Å². The Bertz CT molecular complexity index is 1250. The molecule has 1 saturated heterocycles. The standard InChI is InChI=1S/C27H35N3O3S2/c1-3-4-5-9-20-30-26(21-34-27(30)28-23-12-14-24(33-2)15-13-23)22-10-16-25(17-11-22)35(31,32)29-18-7-6-8-19-29/h10-17,21H,3-9,18-20H2,1-2H3. The summed E-state index contributed by atoms with van der Waals surface area (Å²) in [7, 11) is -1.77. The van der Waals surface area contributed by atoms with Gasteiger partial charge in [0.15, 0.2) is 4.80 Å². The van der Waals surface area contributed by atoms with E-state index in [0.717, 1.165) is 59.7 Å². The summed E-state index contributed by atoms with van der Waals surface area (Å²) in [4.78, 5) is 6.21. The van der Waals surface area contributed by atoms with Gasteiger partial charge in [0.2, 0.25) is 10.0 Å². The lowest BCUT2D eigenvalue weighted by molar-refractivity contribution is 0.346. The fraction of sp³-hybridized carbons (Fsp3) is 0.444. The van der Waals surface area contributed by atoms with Crippen molar-refractivity contribution >= 4 is 27.0 Å². The highest BCUT2D eigenvalue weighted by atomic mass is 32.2. The van der Waals surface area contributed by atoms with Crippen LogP contribution in [0.1, 0.15) is 51.9 Å². The molecule has 0 atom stereocenters. The Kier molecular flexibility index (Phi) is 8.81. The third-order valence-corrected chi connectivity index (χ3v) is 9.21. The molecule has 1 aliphatic heterocycles. The van der Waals surface area contributed by atoms with Crippen molar-refractivity contribution in [1.29, 1.82) is 0 Å². The average Bonchev–Trinajstić information content (AvgIpc) is 3.29. The maximum absolute atomic E-state index is 13.1. The molecule has 0 saturated carbocycles. The van der Waals surface area contributed by atoms with Crippen LogP contribution in [0.2, 0.25) is 0 Å². The first kappa shape index (κ1) is 25.7. The smallest absolute Gasteiger partial charge is 0.243 e. The molecule has 2 aromatic carbocycles. The van der Waals surface area contributed by atoms with Crippen molar-refractivity contribution in [2.24, 2.45) is 4.99 Å². The van der Waals surface area contributed by atoms with Crippen LogP contribution in [0.5, 0.6) is 5.75 Å². The summed E-state index contributed by atoms with van der Waals surface area (Å²) in [6.07, 6.45) is 7.63. The number of ether oxygens (including phenoxy) is 1. The van der Waals surface area contributed by atoms with Crippen LogP contribution in [-0.2, 0) is 16.6 Å². The summed E-state index contributed by atoms with van der Waals surface area (Å²) >= 11 is 1.61. The number of methoxy groups -OCH3 is 1. The van der Waals surface area contributed by atoms with Gasteiger partial charge in [-0.2, -0.15) is 4.31 Å². The molecule has 35 heavy (non-hydrogen) atoms. The van der Waals surface area contributed by atoms with Crippen LogP contribution >= 0.6 is 11.3 Å². The Labute approximate surface area is 213 Å². The number of hydrogen-bond acceptors (Lipinski definition) is 5. The summed E-state index contributed by atoms with van der Waals surface area (Å²) < 4.78 is 35.3. The Morgan fingerprint density at radius 2 is 1.66 bits per heavy atom. The minimum absolute atomic E-state index is 0.371. The lowest BCUT2D eigenvalue weighted by Crippen LogP contribution is -2.35. The van der Waals surface area contributed by atoms with Gasteiger partial charge >= 0.3 is 0 Å². The summed E-state index contributed by atoms with van der Waals surface area (Å²) in [6, 6.07) is 15.1. The lowest BCUT2D eigenvalue weighted by Gasteiger charge is -2.25. The van der Waals surface area contributed by atoms with E-state index in [0.29, 0.717) is 18.0 Å². The van der Waals surface area contributed by atoms with Crippen LogP contribution in [-0.4, -0.2) is 37.5 Å². The molecule has 0 unspecified atom stereocenters. The van der Waals surface area contributed by atoms with Gasteiger partial charge in [-0.05, 0) is 61.2 Å². The second kappa shape index (κ2) is 12.0.